The normalized spacial score (nSPS) is 11.2. The van der Waals surface area contributed by atoms with Crippen molar-refractivity contribution in [3.63, 3.8) is 0 Å². The van der Waals surface area contributed by atoms with E-state index in [1.54, 1.807) is 6.20 Å². The van der Waals surface area contributed by atoms with Crippen LogP contribution in [-0.4, -0.2) is 25.0 Å². The number of aryl methyl sites for hydroxylation is 1. The maximum absolute atomic E-state index is 4.35. The maximum Gasteiger partial charge on any atom is 0.159 e. The van der Waals surface area contributed by atoms with Crippen LogP contribution in [0.4, 0.5) is 0 Å². The van der Waals surface area contributed by atoms with Crippen molar-refractivity contribution < 1.29 is 0 Å². The van der Waals surface area contributed by atoms with E-state index in [2.05, 4.69) is 20.3 Å². The Hall–Kier alpha value is -2.04. The summed E-state index contributed by atoms with van der Waals surface area (Å²) >= 11 is 0. The largest absolute Gasteiger partial charge is 0.345 e. The second-order valence-electron chi connectivity index (χ2n) is 3.20. The molecule has 2 N–H and O–H groups in total. The first kappa shape index (κ1) is 7.37. The number of rotatable bonds is 1. The Morgan fingerprint density at radius 1 is 1.43 bits per heavy atom. The van der Waals surface area contributed by atoms with Gasteiger partial charge in [-0.1, -0.05) is 0 Å². The van der Waals surface area contributed by atoms with Crippen molar-refractivity contribution in [3.05, 3.63) is 24.7 Å². The minimum atomic E-state index is 0.906. The van der Waals surface area contributed by atoms with Gasteiger partial charge in [0.2, 0.25) is 0 Å². The van der Waals surface area contributed by atoms with Gasteiger partial charge in [-0.15, -0.1) is 0 Å². The van der Waals surface area contributed by atoms with Crippen LogP contribution in [0.2, 0.25) is 0 Å². The summed E-state index contributed by atoms with van der Waals surface area (Å²) < 4.78 is 1.85. The van der Waals surface area contributed by atoms with Crippen LogP contribution in [0.5, 0.6) is 0 Å². The van der Waals surface area contributed by atoms with Crippen LogP contribution < -0.4 is 0 Å². The molecule has 3 rings (SSSR count). The molecule has 0 saturated carbocycles. The number of aromatic nitrogens is 5. The Bertz CT molecular complexity index is 557. The summed E-state index contributed by atoms with van der Waals surface area (Å²) in [5.74, 6) is 0. The molecule has 3 aromatic heterocycles. The van der Waals surface area contributed by atoms with Crippen LogP contribution in [0.15, 0.2) is 24.7 Å². The van der Waals surface area contributed by atoms with Gasteiger partial charge >= 0.3 is 0 Å². The summed E-state index contributed by atoms with van der Waals surface area (Å²) in [6.45, 7) is 0. The van der Waals surface area contributed by atoms with Gasteiger partial charge in [-0.3, -0.25) is 9.78 Å². The highest BCUT2D eigenvalue weighted by Gasteiger charge is 2.11. The predicted molar refractivity (Wildman–Crippen MR) is 52.6 cm³/mol. The molecule has 3 heterocycles. The highest BCUT2D eigenvalue weighted by molar-refractivity contribution is 5.91. The van der Waals surface area contributed by atoms with E-state index in [1.165, 1.54) is 0 Å². The molecule has 0 spiro atoms. The van der Waals surface area contributed by atoms with Crippen LogP contribution in [-0.2, 0) is 7.05 Å². The standard InChI is InChI=1S/C9H9N5/c1-14-8(6-4-11-12-5-6)7-2-3-10-9(7)13-14/h2-5H,1H3,(H,10,13)(H,11,12). The number of nitrogens with one attached hydrogen (secondary N) is 2. The summed E-state index contributed by atoms with van der Waals surface area (Å²) in [6, 6.07) is 2.02. The van der Waals surface area contributed by atoms with Gasteiger partial charge in [-0.05, 0) is 6.07 Å². The molecular formula is C9H9N5. The molecule has 0 atom stereocenters. The maximum atomic E-state index is 4.35. The van der Waals surface area contributed by atoms with Gasteiger partial charge in [-0.2, -0.15) is 10.2 Å². The summed E-state index contributed by atoms with van der Waals surface area (Å²) in [7, 11) is 1.93. The van der Waals surface area contributed by atoms with Crippen LogP contribution >= 0.6 is 0 Å². The fraction of sp³-hybridized carbons (Fsp3) is 0.111. The van der Waals surface area contributed by atoms with E-state index in [-0.39, 0.29) is 0 Å². The molecule has 0 radical (unpaired) electrons. The van der Waals surface area contributed by atoms with Gasteiger partial charge in [0.15, 0.2) is 5.65 Å². The molecule has 0 saturated heterocycles. The number of H-pyrrole nitrogens is 2. The van der Waals surface area contributed by atoms with Crippen LogP contribution in [0.25, 0.3) is 22.3 Å². The first-order valence-electron chi connectivity index (χ1n) is 4.35. The van der Waals surface area contributed by atoms with E-state index in [1.807, 2.05) is 30.2 Å². The van der Waals surface area contributed by atoms with Crippen LogP contribution in [0.3, 0.4) is 0 Å². The molecule has 0 fully saturated rings. The van der Waals surface area contributed by atoms with Crippen molar-refractivity contribution in [2.24, 2.45) is 7.05 Å². The zero-order valence-electron chi connectivity index (χ0n) is 7.65. The predicted octanol–water partition coefficient (Wildman–Crippen LogP) is 1.29. The van der Waals surface area contributed by atoms with Crippen molar-refractivity contribution in [1.29, 1.82) is 0 Å². The van der Waals surface area contributed by atoms with Gasteiger partial charge in [0.25, 0.3) is 0 Å². The van der Waals surface area contributed by atoms with Gasteiger partial charge in [0, 0.05) is 30.4 Å². The lowest BCUT2D eigenvalue weighted by molar-refractivity contribution is 0.783. The molecule has 0 amide bonds. The van der Waals surface area contributed by atoms with Gasteiger partial charge in [0.1, 0.15) is 0 Å². The Labute approximate surface area is 79.7 Å². The van der Waals surface area contributed by atoms with Crippen molar-refractivity contribution in [2.45, 2.75) is 0 Å². The Balaban J connectivity index is 2.38. The van der Waals surface area contributed by atoms with Gasteiger partial charge in [0.05, 0.1) is 11.9 Å². The van der Waals surface area contributed by atoms with Gasteiger partial charge in [-0.25, -0.2) is 0 Å². The summed E-state index contributed by atoms with van der Waals surface area (Å²) in [5, 5.41) is 12.2. The number of hydrogen-bond donors (Lipinski definition) is 2. The number of aromatic amines is 2. The summed E-state index contributed by atoms with van der Waals surface area (Å²) in [5.41, 5.74) is 3.04. The van der Waals surface area contributed by atoms with E-state index in [0.717, 1.165) is 22.3 Å². The minimum absolute atomic E-state index is 0.906. The van der Waals surface area contributed by atoms with Crippen molar-refractivity contribution in [1.82, 2.24) is 25.0 Å². The monoisotopic (exact) mass is 187 g/mol. The molecule has 70 valence electrons. The zero-order chi connectivity index (χ0) is 9.54. The molecule has 0 unspecified atom stereocenters. The Kier molecular flexibility index (Phi) is 1.30. The first-order chi connectivity index (χ1) is 6.86. The van der Waals surface area contributed by atoms with Crippen LogP contribution in [0.1, 0.15) is 0 Å². The van der Waals surface area contributed by atoms with E-state index in [9.17, 15) is 0 Å². The minimum Gasteiger partial charge on any atom is -0.345 e. The molecule has 0 aromatic carbocycles. The Morgan fingerprint density at radius 2 is 2.36 bits per heavy atom. The molecule has 14 heavy (non-hydrogen) atoms. The zero-order valence-corrected chi connectivity index (χ0v) is 7.65. The molecule has 0 aliphatic rings. The topological polar surface area (TPSA) is 62.3 Å². The fourth-order valence-electron chi connectivity index (χ4n) is 1.73. The quantitative estimate of drug-likeness (QED) is 0.603. The summed E-state index contributed by atoms with van der Waals surface area (Å²) in [4.78, 5) is 3.08. The van der Waals surface area contributed by atoms with Crippen molar-refractivity contribution in [2.75, 3.05) is 0 Å². The molecular weight excluding hydrogens is 178 g/mol. The average molecular weight is 187 g/mol. The molecule has 5 heteroatoms. The van der Waals surface area contributed by atoms with E-state index in [0.29, 0.717) is 0 Å². The molecule has 0 aliphatic heterocycles. The smallest absolute Gasteiger partial charge is 0.159 e. The molecule has 3 aromatic rings. The third kappa shape index (κ3) is 0.834. The van der Waals surface area contributed by atoms with Crippen molar-refractivity contribution >= 4 is 11.0 Å². The lowest BCUT2D eigenvalue weighted by Gasteiger charge is -1.96. The average Bonchev–Trinajstić information content (AvgIpc) is 2.78. The van der Waals surface area contributed by atoms with E-state index < -0.39 is 0 Å². The number of fused-ring (bicyclic) bond motifs is 1. The van der Waals surface area contributed by atoms with Crippen molar-refractivity contribution in [3.8, 4) is 11.3 Å². The third-order valence-electron chi connectivity index (χ3n) is 2.33. The number of hydrogen-bond acceptors (Lipinski definition) is 2. The first-order valence-corrected chi connectivity index (χ1v) is 4.35. The van der Waals surface area contributed by atoms with E-state index in [4.69, 9.17) is 0 Å². The highest BCUT2D eigenvalue weighted by Crippen LogP contribution is 2.26. The Morgan fingerprint density at radius 3 is 3.14 bits per heavy atom. The third-order valence-corrected chi connectivity index (χ3v) is 2.33. The molecule has 0 bridgehead atoms. The van der Waals surface area contributed by atoms with E-state index >= 15 is 0 Å². The molecule has 5 nitrogen and oxygen atoms in total. The second-order valence-corrected chi connectivity index (χ2v) is 3.20. The number of nitrogens with zero attached hydrogens (tertiary/aromatic N) is 3. The lowest BCUT2D eigenvalue weighted by atomic mass is 10.2. The fourth-order valence-corrected chi connectivity index (χ4v) is 1.73. The lowest BCUT2D eigenvalue weighted by Crippen LogP contribution is -1.92. The highest BCUT2D eigenvalue weighted by atomic mass is 15.3. The second kappa shape index (κ2) is 2.47. The summed E-state index contributed by atoms with van der Waals surface area (Å²) in [6.07, 6.45) is 5.55. The van der Waals surface area contributed by atoms with Gasteiger partial charge < -0.3 is 4.98 Å². The van der Waals surface area contributed by atoms with Crippen LogP contribution in [0, 0.1) is 0 Å². The SMILES string of the molecule is Cn1nc2[nH]ccc2c1-c1cn[nH]c1. The molecule has 0 aliphatic carbocycles.